The van der Waals surface area contributed by atoms with Crippen molar-refractivity contribution in [3.05, 3.63) is 50.6 Å². The molecule has 9 heteroatoms. The van der Waals surface area contributed by atoms with Crippen LogP contribution in [0, 0.1) is 0 Å². The van der Waals surface area contributed by atoms with Crippen LogP contribution in [0.2, 0.25) is 10.0 Å². The van der Waals surface area contributed by atoms with Crippen molar-refractivity contribution in [1.29, 1.82) is 0 Å². The van der Waals surface area contributed by atoms with E-state index in [0.29, 0.717) is 23.7 Å². The molecule has 2 heterocycles. The third-order valence-corrected chi connectivity index (χ3v) is 7.10. The molecule has 0 unspecified atom stereocenters. The largest absolute Gasteiger partial charge is 0.336 e. The highest BCUT2D eigenvalue weighted by Gasteiger charge is 2.31. The Hall–Kier alpha value is -1.12. The first kappa shape index (κ1) is 17.7. The minimum absolute atomic E-state index is 0.00530. The average Bonchev–Trinajstić information content (AvgIpc) is 3.11. The van der Waals surface area contributed by atoms with Crippen molar-refractivity contribution < 1.29 is 13.2 Å². The smallest absolute Gasteiger partial charge is 0.254 e. The molecule has 1 saturated heterocycles. The summed E-state index contributed by atoms with van der Waals surface area (Å²) in [6, 6.07) is 6.12. The molecular weight excluding hydrogens is 391 g/mol. The van der Waals surface area contributed by atoms with Crippen LogP contribution in [0.1, 0.15) is 10.4 Å². The van der Waals surface area contributed by atoms with Gasteiger partial charge in [-0.1, -0.05) is 23.2 Å². The second-order valence-electron chi connectivity index (χ2n) is 5.28. The second-order valence-corrected chi connectivity index (χ2v) is 8.81. The van der Waals surface area contributed by atoms with Crippen LogP contribution in [0.25, 0.3) is 0 Å². The molecule has 0 radical (unpaired) electrons. The van der Waals surface area contributed by atoms with Crippen LogP contribution in [0.5, 0.6) is 0 Å². The number of hydrogen-bond acceptors (Lipinski definition) is 4. The van der Waals surface area contributed by atoms with Crippen LogP contribution in [-0.2, 0) is 10.0 Å². The quantitative estimate of drug-likeness (QED) is 0.788. The lowest BCUT2D eigenvalue weighted by atomic mass is 10.2. The summed E-state index contributed by atoms with van der Waals surface area (Å²) < 4.78 is 26.8. The van der Waals surface area contributed by atoms with Crippen LogP contribution in [0.4, 0.5) is 0 Å². The van der Waals surface area contributed by atoms with Crippen molar-refractivity contribution in [3.63, 3.8) is 0 Å². The monoisotopic (exact) mass is 404 g/mol. The minimum Gasteiger partial charge on any atom is -0.336 e. The van der Waals surface area contributed by atoms with Crippen molar-refractivity contribution in [2.75, 3.05) is 26.2 Å². The van der Waals surface area contributed by atoms with Crippen LogP contribution in [-0.4, -0.2) is 49.7 Å². The van der Waals surface area contributed by atoms with Gasteiger partial charge in [0.2, 0.25) is 10.0 Å². The van der Waals surface area contributed by atoms with Gasteiger partial charge in [-0.15, -0.1) is 0 Å². The Morgan fingerprint density at radius 3 is 2.42 bits per heavy atom. The Labute approximate surface area is 154 Å². The molecular formula is C15H14Cl2N2O3S2. The van der Waals surface area contributed by atoms with Crippen molar-refractivity contribution in [1.82, 2.24) is 9.21 Å². The Bertz CT molecular complexity index is 846. The minimum atomic E-state index is -3.74. The number of rotatable bonds is 3. The summed E-state index contributed by atoms with van der Waals surface area (Å²) in [5.74, 6) is -0.0749. The van der Waals surface area contributed by atoms with E-state index in [2.05, 4.69) is 0 Å². The first-order chi connectivity index (χ1) is 11.4. The Morgan fingerprint density at radius 1 is 1.08 bits per heavy atom. The fourth-order valence-corrected chi connectivity index (χ4v) is 5.30. The lowest BCUT2D eigenvalue weighted by Gasteiger charge is -2.34. The van der Waals surface area contributed by atoms with Crippen LogP contribution in [0.15, 0.2) is 39.9 Å². The number of sulfonamides is 1. The van der Waals surface area contributed by atoms with E-state index in [4.69, 9.17) is 23.2 Å². The molecule has 1 aliphatic heterocycles. The molecule has 2 aromatic rings. The summed E-state index contributed by atoms with van der Waals surface area (Å²) in [5, 5.41) is 4.08. The van der Waals surface area contributed by atoms with Gasteiger partial charge in [0.25, 0.3) is 5.91 Å². The van der Waals surface area contributed by atoms with Gasteiger partial charge in [-0.2, -0.15) is 15.6 Å². The Morgan fingerprint density at radius 2 is 1.79 bits per heavy atom. The maximum atomic E-state index is 12.7. The predicted molar refractivity (Wildman–Crippen MR) is 95.4 cm³/mol. The number of benzene rings is 1. The van der Waals surface area contributed by atoms with Gasteiger partial charge in [0.15, 0.2) is 0 Å². The second kappa shape index (κ2) is 7.01. The topological polar surface area (TPSA) is 57.7 Å². The lowest BCUT2D eigenvalue weighted by molar-refractivity contribution is 0.0698. The van der Waals surface area contributed by atoms with E-state index in [1.807, 2.05) is 5.38 Å². The highest BCUT2D eigenvalue weighted by molar-refractivity contribution is 7.89. The van der Waals surface area contributed by atoms with Crippen molar-refractivity contribution >= 4 is 50.5 Å². The summed E-state index contributed by atoms with van der Waals surface area (Å²) in [6.07, 6.45) is 0. The van der Waals surface area contributed by atoms with Crippen LogP contribution >= 0.6 is 34.5 Å². The molecule has 0 atom stereocenters. The maximum Gasteiger partial charge on any atom is 0.254 e. The molecule has 0 spiro atoms. The average molecular weight is 405 g/mol. The van der Waals surface area contributed by atoms with E-state index in [1.54, 1.807) is 22.4 Å². The fraction of sp³-hybridized carbons (Fsp3) is 0.267. The fourth-order valence-electron chi connectivity index (χ4n) is 2.51. The number of thiophene rings is 1. The summed E-state index contributed by atoms with van der Waals surface area (Å²) in [5.41, 5.74) is 0.634. The molecule has 1 aromatic carbocycles. The van der Waals surface area contributed by atoms with Gasteiger partial charge in [-0.25, -0.2) is 8.42 Å². The first-order valence-electron chi connectivity index (χ1n) is 7.16. The first-order valence-corrected chi connectivity index (χ1v) is 10.3. The number of carbonyl (C=O) groups excluding carboxylic acids is 1. The molecule has 1 aliphatic rings. The van der Waals surface area contributed by atoms with Gasteiger partial charge < -0.3 is 4.90 Å². The summed E-state index contributed by atoms with van der Waals surface area (Å²) >= 11 is 13.4. The van der Waals surface area contributed by atoms with Gasteiger partial charge in [0, 0.05) is 36.6 Å². The van der Waals surface area contributed by atoms with E-state index in [0.717, 1.165) is 0 Å². The third kappa shape index (κ3) is 3.45. The number of amides is 1. The Kier molecular flexibility index (Phi) is 5.17. The van der Waals surface area contributed by atoms with Gasteiger partial charge in [-0.05, 0) is 29.6 Å². The van der Waals surface area contributed by atoms with Gasteiger partial charge in [0.05, 0.1) is 10.6 Å². The maximum absolute atomic E-state index is 12.7. The number of piperazine rings is 1. The zero-order chi connectivity index (χ0) is 17.3. The summed E-state index contributed by atoms with van der Waals surface area (Å²) in [4.78, 5) is 14.0. The molecule has 1 fully saturated rings. The molecule has 5 nitrogen and oxygen atoms in total. The number of halogens is 2. The number of hydrogen-bond donors (Lipinski definition) is 0. The van der Waals surface area contributed by atoms with Gasteiger partial charge in [-0.3, -0.25) is 4.79 Å². The summed E-state index contributed by atoms with van der Waals surface area (Å²) in [7, 11) is -3.74. The predicted octanol–water partition coefficient (Wildman–Crippen LogP) is 3.20. The van der Waals surface area contributed by atoms with Gasteiger partial charge in [0.1, 0.15) is 4.90 Å². The standard InChI is InChI=1S/C15H14Cl2N2O3S2/c16-12-1-2-13(17)14(9-12)24(21,22)19-6-4-18(5-7-19)15(20)11-3-8-23-10-11/h1-3,8-10H,4-7H2. The molecule has 24 heavy (non-hydrogen) atoms. The van der Waals surface area contributed by atoms with Gasteiger partial charge >= 0.3 is 0 Å². The zero-order valence-corrected chi connectivity index (χ0v) is 15.6. The van der Waals surface area contributed by atoms with Crippen LogP contribution < -0.4 is 0 Å². The van der Waals surface area contributed by atoms with Crippen LogP contribution in [0.3, 0.4) is 0 Å². The number of carbonyl (C=O) groups is 1. The molecule has 1 amide bonds. The number of nitrogens with zero attached hydrogens (tertiary/aromatic N) is 2. The van der Waals surface area contributed by atoms with Crippen molar-refractivity contribution in [3.8, 4) is 0 Å². The van der Waals surface area contributed by atoms with E-state index in [-0.39, 0.29) is 28.9 Å². The molecule has 1 aromatic heterocycles. The van der Waals surface area contributed by atoms with E-state index in [9.17, 15) is 13.2 Å². The molecule has 3 rings (SSSR count). The summed E-state index contributed by atoms with van der Waals surface area (Å²) in [6.45, 7) is 1.13. The van der Waals surface area contributed by atoms with E-state index >= 15 is 0 Å². The van der Waals surface area contributed by atoms with E-state index < -0.39 is 10.0 Å². The highest BCUT2D eigenvalue weighted by Crippen LogP contribution is 2.28. The van der Waals surface area contributed by atoms with Crippen molar-refractivity contribution in [2.45, 2.75) is 4.90 Å². The zero-order valence-electron chi connectivity index (χ0n) is 12.5. The van der Waals surface area contributed by atoms with Crippen molar-refractivity contribution in [2.24, 2.45) is 0 Å². The molecule has 0 saturated carbocycles. The highest BCUT2D eigenvalue weighted by atomic mass is 35.5. The molecule has 0 N–H and O–H groups in total. The lowest BCUT2D eigenvalue weighted by Crippen LogP contribution is -2.50. The molecule has 0 aliphatic carbocycles. The third-order valence-electron chi connectivity index (χ3n) is 3.81. The molecule has 128 valence electrons. The van der Waals surface area contributed by atoms with E-state index in [1.165, 1.54) is 27.8 Å². The Balaban J connectivity index is 1.74. The molecule has 0 bridgehead atoms. The SMILES string of the molecule is O=C(c1ccsc1)N1CCN(S(=O)(=O)c2cc(Cl)ccc2Cl)CC1. The normalized spacial score (nSPS) is 16.3.